The Kier molecular flexibility index (Phi) is 5.63. The van der Waals surface area contributed by atoms with E-state index in [9.17, 15) is 4.79 Å². The van der Waals surface area contributed by atoms with Crippen LogP contribution in [0.2, 0.25) is 0 Å². The third-order valence-electron chi connectivity index (χ3n) is 2.62. The Balaban J connectivity index is 0.000000155. The minimum atomic E-state index is -0.263. The lowest BCUT2D eigenvalue weighted by atomic mass is 10.2. The molecule has 5 heteroatoms. The molecule has 0 spiro atoms. The van der Waals surface area contributed by atoms with Crippen LogP contribution < -0.4 is 11.3 Å². The highest BCUT2D eigenvalue weighted by Crippen LogP contribution is 2.20. The van der Waals surface area contributed by atoms with Crippen LogP contribution >= 0.6 is 11.3 Å². The Morgan fingerprint density at radius 3 is 2.14 bits per heavy atom. The van der Waals surface area contributed by atoms with E-state index in [4.69, 9.17) is 5.84 Å². The second-order valence-corrected chi connectivity index (χ2v) is 4.94. The van der Waals surface area contributed by atoms with Crippen LogP contribution in [0.5, 0.6) is 0 Å². The summed E-state index contributed by atoms with van der Waals surface area (Å²) in [5.74, 6) is 4.64. The molecule has 0 saturated heterocycles. The molecular weight excluding hydrogens is 282 g/mol. The van der Waals surface area contributed by atoms with Gasteiger partial charge in [-0.15, -0.1) is 11.3 Å². The summed E-state index contributed by atoms with van der Waals surface area (Å²) < 4.78 is 0. The number of hydrazine groups is 1. The van der Waals surface area contributed by atoms with Gasteiger partial charge in [0.1, 0.15) is 5.01 Å². The van der Waals surface area contributed by atoms with Crippen molar-refractivity contribution in [3.63, 3.8) is 0 Å². The minimum Gasteiger partial charge on any atom is -0.290 e. The number of amides is 1. The quantitative estimate of drug-likeness (QED) is 0.434. The van der Waals surface area contributed by atoms with E-state index in [1.54, 1.807) is 35.6 Å². The number of nitrogens with one attached hydrogen (secondary N) is 1. The number of carbonyl (C=O) groups is 1. The van der Waals surface area contributed by atoms with Crippen LogP contribution in [-0.4, -0.2) is 10.9 Å². The van der Waals surface area contributed by atoms with Crippen molar-refractivity contribution in [3.05, 3.63) is 77.8 Å². The largest absolute Gasteiger partial charge is 0.290 e. The molecule has 3 rings (SSSR count). The van der Waals surface area contributed by atoms with E-state index in [1.807, 2.05) is 41.3 Å². The molecule has 1 aromatic heterocycles. The van der Waals surface area contributed by atoms with Crippen molar-refractivity contribution in [1.82, 2.24) is 10.4 Å². The first-order valence-corrected chi connectivity index (χ1v) is 7.20. The zero-order valence-electron chi connectivity index (χ0n) is 11.3. The molecule has 3 N–H and O–H groups in total. The van der Waals surface area contributed by atoms with Gasteiger partial charge in [0.05, 0.1) is 0 Å². The van der Waals surface area contributed by atoms with Gasteiger partial charge in [-0.05, 0) is 12.1 Å². The van der Waals surface area contributed by atoms with Crippen LogP contribution in [0.1, 0.15) is 10.4 Å². The van der Waals surface area contributed by atoms with E-state index in [1.165, 1.54) is 5.56 Å². The molecule has 1 amide bonds. The molecule has 0 aliphatic heterocycles. The first kappa shape index (κ1) is 14.9. The summed E-state index contributed by atoms with van der Waals surface area (Å²) in [6.45, 7) is 0. The molecule has 21 heavy (non-hydrogen) atoms. The summed E-state index contributed by atoms with van der Waals surface area (Å²) in [6, 6.07) is 19.0. The smallest absolute Gasteiger partial charge is 0.265 e. The zero-order chi connectivity index (χ0) is 14.9. The summed E-state index contributed by atoms with van der Waals surface area (Å²) in [5.41, 5.74) is 3.81. The molecule has 0 atom stereocenters. The molecule has 0 aliphatic rings. The van der Waals surface area contributed by atoms with Crippen molar-refractivity contribution in [2.45, 2.75) is 0 Å². The minimum absolute atomic E-state index is 0.263. The number of hydrogen-bond acceptors (Lipinski definition) is 4. The molecule has 0 unspecified atom stereocenters. The highest BCUT2D eigenvalue weighted by Gasteiger charge is 1.98. The Bertz CT molecular complexity index is 655. The molecule has 1 heterocycles. The van der Waals surface area contributed by atoms with Crippen molar-refractivity contribution in [1.29, 1.82) is 0 Å². The molecule has 3 aromatic rings. The number of thiazole rings is 1. The van der Waals surface area contributed by atoms with Gasteiger partial charge in [-0.2, -0.15) is 0 Å². The Labute approximate surface area is 127 Å². The maximum Gasteiger partial charge on any atom is 0.265 e. The van der Waals surface area contributed by atoms with Gasteiger partial charge < -0.3 is 0 Å². The third kappa shape index (κ3) is 4.52. The van der Waals surface area contributed by atoms with Gasteiger partial charge in [0, 0.05) is 22.7 Å². The third-order valence-corrected chi connectivity index (χ3v) is 3.44. The zero-order valence-corrected chi connectivity index (χ0v) is 12.1. The molecule has 0 aliphatic carbocycles. The number of aromatic nitrogens is 1. The topological polar surface area (TPSA) is 68.0 Å². The molecule has 2 aromatic carbocycles. The van der Waals surface area contributed by atoms with Crippen molar-refractivity contribution in [2.24, 2.45) is 5.84 Å². The van der Waals surface area contributed by atoms with E-state index < -0.39 is 0 Å². The van der Waals surface area contributed by atoms with E-state index in [-0.39, 0.29) is 5.91 Å². The molecule has 0 bridgehead atoms. The summed E-state index contributed by atoms with van der Waals surface area (Å²) in [4.78, 5) is 15.0. The number of benzene rings is 2. The highest BCUT2D eigenvalue weighted by atomic mass is 32.1. The van der Waals surface area contributed by atoms with E-state index in [0.717, 1.165) is 5.01 Å². The van der Waals surface area contributed by atoms with E-state index in [0.29, 0.717) is 5.56 Å². The molecule has 4 nitrogen and oxygen atoms in total. The number of nitrogen functional groups attached to an aromatic ring is 1. The van der Waals surface area contributed by atoms with E-state index in [2.05, 4.69) is 17.1 Å². The fourth-order valence-corrected chi connectivity index (χ4v) is 2.26. The summed E-state index contributed by atoms with van der Waals surface area (Å²) in [7, 11) is 0. The number of nitrogens with zero attached hydrogens (tertiary/aromatic N) is 1. The average molecular weight is 297 g/mol. The standard InChI is InChI=1S/C9H7NS.C7H8N2O/c1-2-4-8(5-3-1)9-10-6-7-11-9;8-9-7(10)6-4-2-1-3-5-6/h1-7H;1-5H,8H2,(H,9,10). The number of rotatable bonds is 2. The molecule has 0 fully saturated rings. The lowest BCUT2D eigenvalue weighted by Gasteiger charge is -1.95. The normalized spacial score (nSPS) is 9.38. The fourth-order valence-electron chi connectivity index (χ4n) is 1.62. The van der Waals surface area contributed by atoms with Crippen LogP contribution in [0.15, 0.2) is 72.2 Å². The first-order chi connectivity index (χ1) is 10.3. The van der Waals surface area contributed by atoms with Crippen LogP contribution in [0.4, 0.5) is 0 Å². The predicted octanol–water partition coefficient (Wildman–Crippen LogP) is 3.10. The monoisotopic (exact) mass is 297 g/mol. The van der Waals surface area contributed by atoms with Gasteiger partial charge in [-0.3, -0.25) is 10.2 Å². The molecule has 106 valence electrons. The Morgan fingerprint density at radius 2 is 1.62 bits per heavy atom. The van der Waals surface area contributed by atoms with Crippen LogP contribution in [0.3, 0.4) is 0 Å². The molecular formula is C16H15N3OS. The predicted molar refractivity (Wildman–Crippen MR) is 85.6 cm³/mol. The maximum absolute atomic E-state index is 10.8. The number of nitrogens with two attached hydrogens (primary N) is 1. The second kappa shape index (κ2) is 7.94. The summed E-state index contributed by atoms with van der Waals surface area (Å²) >= 11 is 1.66. The highest BCUT2D eigenvalue weighted by molar-refractivity contribution is 7.13. The van der Waals surface area contributed by atoms with Crippen molar-refractivity contribution in [2.75, 3.05) is 0 Å². The van der Waals surface area contributed by atoms with E-state index >= 15 is 0 Å². The van der Waals surface area contributed by atoms with Crippen LogP contribution in [0, 0.1) is 0 Å². The lowest BCUT2D eigenvalue weighted by Crippen LogP contribution is -2.29. The average Bonchev–Trinajstić information content (AvgIpc) is 3.11. The first-order valence-electron chi connectivity index (χ1n) is 6.32. The Hall–Kier alpha value is -2.50. The maximum atomic E-state index is 10.8. The number of hydrogen-bond donors (Lipinski definition) is 2. The fraction of sp³-hybridized carbons (Fsp3) is 0. The van der Waals surface area contributed by atoms with Gasteiger partial charge in [-0.1, -0.05) is 48.5 Å². The van der Waals surface area contributed by atoms with Crippen molar-refractivity contribution < 1.29 is 4.79 Å². The summed E-state index contributed by atoms with van der Waals surface area (Å²) in [6.07, 6.45) is 1.83. The second-order valence-electron chi connectivity index (χ2n) is 4.04. The number of carbonyl (C=O) groups excluding carboxylic acids is 1. The van der Waals surface area contributed by atoms with Gasteiger partial charge >= 0.3 is 0 Å². The lowest BCUT2D eigenvalue weighted by molar-refractivity contribution is 0.0953. The van der Waals surface area contributed by atoms with Gasteiger partial charge in [-0.25, -0.2) is 10.8 Å². The van der Waals surface area contributed by atoms with Gasteiger partial charge in [0.25, 0.3) is 5.91 Å². The Morgan fingerprint density at radius 1 is 1.00 bits per heavy atom. The SMILES string of the molecule is NNC(=O)c1ccccc1.c1ccc(-c2nccs2)cc1. The van der Waals surface area contributed by atoms with Crippen LogP contribution in [-0.2, 0) is 0 Å². The molecule has 0 saturated carbocycles. The van der Waals surface area contributed by atoms with Gasteiger partial charge in [0.2, 0.25) is 0 Å². The van der Waals surface area contributed by atoms with Crippen LogP contribution in [0.25, 0.3) is 10.6 Å². The molecule has 0 radical (unpaired) electrons. The summed E-state index contributed by atoms with van der Waals surface area (Å²) in [5, 5.41) is 3.08. The van der Waals surface area contributed by atoms with Crippen molar-refractivity contribution in [3.8, 4) is 10.6 Å². The van der Waals surface area contributed by atoms with Crippen molar-refractivity contribution >= 4 is 17.2 Å². The van der Waals surface area contributed by atoms with Gasteiger partial charge in [0.15, 0.2) is 0 Å².